The molecule has 1 aliphatic heterocycles. The summed E-state index contributed by atoms with van der Waals surface area (Å²) in [6.45, 7) is 6.41. The molecule has 0 radical (unpaired) electrons. The van der Waals surface area contributed by atoms with Gasteiger partial charge in [-0.05, 0) is 38.6 Å². The minimum atomic E-state index is 0.215. The fourth-order valence-electron chi connectivity index (χ4n) is 2.53. The molecule has 0 aromatic heterocycles. The predicted octanol–water partition coefficient (Wildman–Crippen LogP) is 2.26. The molecule has 1 aromatic carbocycles. The molecule has 0 bridgehead atoms. The first kappa shape index (κ1) is 13.8. The van der Waals surface area contributed by atoms with E-state index in [-0.39, 0.29) is 12.6 Å². The number of likely N-dealkylation sites (N-methyl/N-ethyl adjacent to an activating group) is 1. The van der Waals surface area contributed by atoms with Gasteiger partial charge >= 0.3 is 0 Å². The summed E-state index contributed by atoms with van der Waals surface area (Å²) in [4.78, 5) is 4.62. The van der Waals surface area contributed by atoms with Gasteiger partial charge in [0.25, 0.3) is 0 Å². The predicted molar refractivity (Wildman–Crippen MR) is 79.2 cm³/mol. The molecule has 1 N–H and O–H groups in total. The molecular weight excluding hydrogens is 292 g/mol. The van der Waals surface area contributed by atoms with E-state index in [0.717, 1.165) is 17.6 Å². The van der Waals surface area contributed by atoms with Crippen molar-refractivity contribution >= 4 is 21.6 Å². The van der Waals surface area contributed by atoms with E-state index in [9.17, 15) is 5.11 Å². The van der Waals surface area contributed by atoms with Crippen LogP contribution in [0.2, 0.25) is 0 Å². The number of aryl methyl sites for hydroxylation is 1. The summed E-state index contributed by atoms with van der Waals surface area (Å²) in [5, 5.41) is 9.43. The molecule has 3 nitrogen and oxygen atoms in total. The number of hydrogen-bond donors (Lipinski definition) is 1. The van der Waals surface area contributed by atoms with Crippen molar-refractivity contribution in [2.75, 3.05) is 31.6 Å². The number of piperazine rings is 1. The quantitative estimate of drug-likeness (QED) is 0.907. The topological polar surface area (TPSA) is 26.7 Å². The van der Waals surface area contributed by atoms with E-state index in [4.69, 9.17) is 0 Å². The van der Waals surface area contributed by atoms with Gasteiger partial charge in [0.2, 0.25) is 0 Å². The molecule has 1 aromatic rings. The Morgan fingerprint density at radius 1 is 1.39 bits per heavy atom. The summed E-state index contributed by atoms with van der Waals surface area (Å²) in [6, 6.07) is 7.16. The lowest BCUT2D eigenvalue weighted by Gasteiger charge is -2.44. The maximum atomic E-state index is 9.43. The number of anilines is 1. The average molecular weight is 313 g/mol. The molecule has 2 rings (SSSR count). The highest BCUT2D eigenvalue weighted by molar-refractivity contribution is 9.10. The molecule has 1 heterocycles. The van der Waals surface area contributed by atoms with Gasteiger partial charge in [0.15, 0.2) is 0 Å². The number of aliphatic hydroxyl groups excluding tert-OH is 1. The van der Waals surface area contributed by atoms with E-state index in [1.165, 1.54) is 11.3 Å². The van der Waals surface area contributed by atoms with Gasteiger partial charge in [-0.15, -0.1) is 0 Å². The molecule has 1 fully saturated rings. The van der Waals surface area contributed by atoms with Crippen LogP contribution in [0.3, 0.4) is 0 Å². The molecule has 2 unspecified atom stereocenters. The van der Waals surface area contributed by atoms with Gasteiger partial charge in [-0.2, -0.15) is 0 Å². The van der Waals surface area contributed by atoms with Crippen LogP contribution in [0.5, 0.6) is 0 Å². The third-order valence-corrected chi connectivity index (χ3v) is 4.67. The summed E-state index contributed by atoms with van der Waals surface area (Å²) in [6.07, 6.45) is 0. The maximum absolute atomic E-state index is 9.43. The fourth-order valence-corrected chi connectivity index (χ4v) is 2.89. The molecule has 1 saturated heterocycles. The lowest BCUT2D eigenvalue weighted by molar-refractivity contribution is 0.122. The number of nitrogens with zero attached hydrogens (tertiary/aromatic N) is 2. The Balaban J connectivity index is 2.23. The Hall–Kier alpha value is -0.580. The number of aliphatic hydroxyl groups is 1. The number of rotatable bonds is 2. The second-order valence-electron chi connectivity index (χ2n) is 5.21. The average Bonchev–Trinajstić information content (AvgIpc) is 2.33. The second-order valence-corrected chi connectivity index (χ2v) is 6.07. The smallest absolute Gasteiger partial charge is 0.0604 e. The SMILES string of the molecule is Cc1ccc(N2CC(CO)N(C)CC2C)cc1Br. The van der Waals surface area contributed by atoms with Crippen LogP contribution in [0, 0.1) is 6.92 Å². The fraction of sp³-hybridized carbons (Fsp3) is 0.571. The Labute approximate surface area is 118 Å². The van der Waals surface area contributed by atoms with Crippen LogP contribution in [0.4, 0.5) is 5.69 Å². The second kappa shape index (κ2) is 5.59. The van der Waals surface area contributed by atoms with Crippen LogP contribution in [0.15, 0.2) is 22.7 Å². The molecule has 18 heavy (non-hydrogen) atoms. The molecule has 0 saturated carbocycles. The van der Waals surface area contributed by atoms with Gasteiger partial charge in [0, 0.05) is 29.3 Å². The summed E-state index contributed by atoms with van der Waals surface area (Å²) in [5.41, 5.74) is 2.48. The third-order valence-electron chi connectivity index (χ3n) is 3.81. The lowest BCUT2D eigenvalue weighted by atomic mass is 10.1. The highest BCUT2D eigenvalue weighted by atomic mass is 79.9. The van der Waals surface area contributed by atoms with E-state index in [1.807, 2.05) is 0 Å². The van der Waals surface area contributed by atoms with Crippen LogP contribution in [-0.4, -0.2) is 48.8 Å². The Bertz CT molecular complexity index is 424. The van der Waals surface area contributed by atoms with Gasteiger partial charge in [0.05, 0.1) is 12.6 Å². The molecule has 0 amide bonds. The van der Waals surface area contributed by atoms with Gasteiger partial charge in [-0.1, -0.05) is 22.0 Å². The van der Waals surface area contributed by atoms with Crippen LogP contribution in [0.25, 0.3) is 0 Å². The first-order chi connectivity index (χ1) is 8.52. The molecule has 0 spiro atoms. The van der Waals surface area contributed by atoms with E-state index >= 15 is 0 Å². The van der Waals surface area contributed by atoms with Crippen molar-refractivity contribution in [2.45, 2.75) is 25.9 Å². The van der Waals surface area contributed by atoms with Crippen molar-refractivity contribution in [3.8, 4) is 0 Å². The maximum Gasteiger partial charge on any atom is 0.0604 e. The number of hydrogen-bond acceptors (Lipinski definition) is 3. The first-order valence-electron chi connectivity index (χ1n) is 6.37. The molecule has 4 heteroatoms. The molecule has 1 aliphatic rings. The van der Waals surface area contributed by atoms with Crippen LogP contribution in [0.1, 0.15) is 12.5 Å². The molecular formula is C14H21BrN2O. The normalized spacial score (nSPS) is 25.5. The Morgan fingerprint density at radius 2 is 2.11 bits per heavy atom. The van der Waals surface area contributed by atoms with E-state index in [1.54, 1.807) is 0 Å². The Morgan fingerprint density at radius 3 is 2.72 bits per heavy atom. The van der Waals surface area contributed by atoms with Crippen molar-refractivity contribution in [3.63, 3.8) is 0 Å². The summed E-state index contributed by atoms with van der Waals surface area (Å²) < 4.78 is 1.15. The third kappa shape index (κ3) is 2.71. The zero-order valence-electron chi connectivity index (χ0n) is 11.2. The Kier molecular flexibility index (Phi) is 4.30. The first-order valence-corrected chi connectivity index (χ1v) is 7.16. The van der Waals surface area contributed by atoms with Crippen LogP contribution >= 0.6 is 15.9 Å². The van der Waals surface area contributed by atoms with Gasteiger partial charge in [-0.25, -0.2) is 0 Å². The van der Waals surface area contributed by atoms with Crippen molar-refractivity contribution in [3.05, 3.63) is 28.2 Å². The largest absolute Gasteiger partial charge is 0.395 e. The number of benzene rings is 1. The monoisotopic (exact) mass is 312 g/mol. The summed E-state index contributed by atoms with van der Waals surface area (Å²) in [5.74, 6) is 0. The van der Waals surface area contributed by atoms with E-state index in [0.29, 0.717) is 6.04 Å². The number of halogens is 1. The molecule has 0 aliphatic carbocycles. The van der Waals surface area contributed by atoms with Crippen molar-refractivity contribution in [2.24, 2.45) is 0 Å². The van der Waals surface area contributed by atoms with E-state index < -0.39 is 0 Å². The summed E-state index contributed by atoms with van der Waals surface area (Å²) >= 11 is 3.59. The highest BCUT2D eigenvalue weighted by Crippen LogP contribution is 2.27. The van der Waals surface area contributed by atoms with Crippen LogP contribution < -0.4 is 4.90 Å². The van der Waals surface area contributed by atoms with Gasteiger partial charge in [-0.3, -0.25) is 4.90 Å². The minimum absolute atomic E-state index is 0.215. The zero-order valence-corrected chi connectivity index (χ0v) is 12.8. The summed E-state index contributed by atoms with van der Waals surface area (Å²) in [7, 11) is 2.08. The van der Waals surface area contributed by atoms with Gasteiger partial charge in [0.1, 0.15) is 0 Å². The van der Waals surface area contributed by atoms with Crippen LogP contribution in [-0.2, 0) is 0 Å². The standard InChI is InChI=1S/C14H21BrN2O/c1-10-4-5-12(6-14(10)15)17-8-13(9-18)16(3)7-11(17)2/h4-6,11,13,18H,7-9H2,1-3H3. The lowest BCUT2D eigenvalue weighted by Crippen LogP contribution is -2.57. The molecule has 2 atom stereocenters. The zero-order chi connectivity index (χ0) is 13.3. The minimum Gasteiger partial charge on any atom is -0.395 e. The van der Waals surface area contributed by atoms with Crippen molar-refractivity contribution < 1.29 is 5.11 Å². The van der Waals surface area contributed by atoms with Gasteiger partial charge < -0.3 is 10.0 Å². The van der Waals surface area contributed by atoms with Crippen molar-refractivity contribution in [1.29, 1.82) is 0 Å². The van der Waals surface area contributed by atoms with E-state index in [2.05, 4.69) is 64.8 Å². The molecule has 100 valence electrons. The highest BCUT2D eigenvalue weighted by Gasteiger charge is 2.29. The van der Waals surface area contributed by atoms with Crippen molar-refractivity contribution in [1.82, 2.24) is 4.90 Å².